The van der Waals surface area contributed by atoms with Gasteiger partial charge in [-0.15, -0.1) is 0 Å². The van der Waals surface area contributed by atoms with E-state index in [0.717, 1.165) is 12.1 Å². The Bertz CT molecular complexity index is 2870. The van der Waals surface area contributed by atoms with Gasteiger partial charge in [-0.2, -0.15) is 37.1 Å². The summed E-state index contributed by atoms with van der Waals surface area (Å²) in [4.78, 5) is 22.9. The van der Waals surface area contributed by atoms with E-state index in [1.165, 1.54) is 30.7 Å². The van der Waals surface area contributed by atoms with Gasteiger partial charge in [0.15, 0.2) is 21.3 Å². The number of amides is 1. The molecule has 0 aliphatic heterocycles. The van der Waals surface area contributed by atoms with Crippen LogP contribution in [0.15, 0.2) is 47.5 Å². The maximum Gasteiger partial charge on any atom is 0.435 e. The molecule has 3 aromatic heterocycles. The zero-order chi connectivity index (χ0) is 44.0. The zero-order valence-corrected chi connectivity index (χ0v) is 34.7. The van der Waals surface area contributed by atoms with E-state index in [-0.39, 0.29) is 46.2 Å². The lowest BCUT2D eigenvalue weighted by Crippen LogP contribution is -2.36. The van der Waals surface area contributed by atoms with Crippen LogP contribution < -0.4 is 5.32 Å². The van der Waals surface area contributed by atoms with Gasteiger partial charge in [-0.25, -0.2) is 22.2 Å². The first-order chi connectivity index (χ1) is 28.6. The molecular weight excluding hydrogens is 871 g/mol. The molecule has 3 aliphatic rings. The Labute approximate surface area is 354 Å². The molecule has 61 heavy (non-hydrogen) atoms. The summed E-state index contributed by atoms with van der Waals surface area (Å²) in [5.74, 6) is -3.42. The monoisotopic (exact) mass is 903 g/mol. The molecule has 1 N–H and O–H groups in total. The van der Waals surface area contributed by atoms with Crippen molar-refractivity contribution < 1.29 is 43.9 Å². The van der Waals surface area contributed by atoms with Crippen molar-refractivity contribution in [1.29, 1.82) is 0 Å². The molecule has 3 atom stereocenters. The smallest absolute Gasteiger partial charge is 0.346 e. The number of hydrogen-bond donors (Lipinski definition) is 1. The first-order valence-electron chi connectivity index (χ1n) is 18.9. The maximum atomic E-state index is 15.7. The highest BCUT2D eigenvalue weighted by atomic mass is 35.5. The first kappa shape index (κ1) is 42.5. The predicted octanol–water partition coefficient (Wildman–Crippen LogP) is 8.92. The zero-order valence-electron chi connectivity index (χ0n) is 32.3. The summed E-state index contributed by atoms with van der Waals surface area (Å²) in [6.07, 6.45) is -4.38. The van der Waals surface area contributed by atoms with Crippen molar-refractivity contribution >= 4 is 61.4 Å². The van der Waals surface area contributed by atoms with Gasteiger partial charge in [-0.3, -0.25) is 14.2 Å². The topological polar surface area (TPSA) is 124 Å². The van der Waals surface area contributed by atoms with Crippen LogP contribution in [0.1, 0.15) is 85.4 Å². The molecule has 3 heterocycles. The number of carbonyl (C=O) groups is 1. The summed E-state index contributed by atoms with van der Waals surface area (Å²) in [7, 11) is -2.08. The molecule has 10 nitrogen and oxygen atoms in total. The van der Waals surface area contributed by atoms with Crippen LogP contribution in [0.4, 0.5) is 36.6 Å². The van der Waals surface area contributed by atoms with Crippen LogP contribution >= 0.6 is 23.8 Å². The molecule has 2 saturated carbocycles. The normalized spacial score (nSPS) is 18.7. The van der Waals surface area contributed by atoms with Crippen molar-refractivity contribution in [3.63, 3.8) is 0 Å². The van der Waals surface area contributed by atoms with Gasteiger partial charge in [0.05, 0.1) is 38.1 Å². The van der Waals surface area contributed by atoms with Crippen LogP contribution in [0.3, 0.4) is 0 Å². The molecule has 5 aromatic rings. The maximum absolute atomic E-state index is 15.7. The van der Waals surface area contributed by atoms with Gasteiger partial charge < -0.3 is 5.32 Å². The van der Waals surface area contributed by atoms with E-state index in [1.807, 2.05) is 0 Å². The molecule has 0 spiro atoms. The van der Waals surface area contributed by atoms with Crippen molar-refractivity contribution in [2.75, 3.05) is 0 Å². The Morgan fingerprint density at radius 3 is 2.36 bits per heavy atom. The largest absolute Gasteiger partial charge is 0.435 e. The number of alkyl halides is 5. The van der Waals surface area contributed by atoms with Crippen LogP contribution in [0.2, 0.25) is 5.02 Å². The van der Waals surface area contributed by atoms with Crippen LogP contribution in [0.25, 0.3) is 22.0 Å². The van der Waals surface area contributed by atoms with Crippen molar-refractivity contribution in [2.45, 2.75) is 86.6 Å². The Hall–Kier alpha value is -5.15. The molecule has 0 bridgehead atoms. The lowest BCUT2D eigenvalue weighted by atomic mass is 9.73. The summed E-state index contributed by atoms with van der Waals surface area (Å²) in [5, 5.41) is 12.9. The molecule has 2 fully saturated rings. The molecule has 0 saturated heterocycles. The van der Waals surface area contributed by atoms with Crippen LogP contribution in [-0.4, -0.2) is 54.0 Å². The highest BCUT2D eigenvalue weighted by molar-refractivity contribution is 7.93. The Kier molecular flexibility index (Phi) is 10.5. The van der Waals surface area contributed by atoms with Gasteiger partial charge in [0, 0.05) is 35.7 Å². The number of nitrogens with one attached hydrogen (secondary N) is 1. The Balaban J connectivity index is 1.29. The van der Waals surface area contributed by atoms with Crippen molar-refractivity contribution in [3.8, 4) is 23.0 Å². The number of nitrogens with zero attached hydrogens (tertiary/aromatic N) is 6. The molecule has 8 rings (SSSR count). The summed E-state index contributed by atoms with van der Waals surface area (Å²) >= 11 is 11.4. The summed E-state index contributed by atoms with van der Waals surface area (Å²) in [5.41, 5.74) is -2.06. The third-order valence-corrected chi connectivity index (χ3v) is 14.7. The average molecular weight is 904 g/mol. The number of carbonyl (C=O) groups excluding carboxylic acids is 1. The molecule has 2 aromatic carbocycles. The SMILES string of the molecule is Cn1nc(N=C=S)c2c(Cl)ccc(-c3ccc(C#CC(C)(C)S(=O)(=O)C4CC4)nc3[C@H](Cc3cc(F)cc(F)c3)NC(=O)Cn3nc(C(F)(F)F)c4c3C(F)(F)[C@@H]3CC[C@H]43)c21. The molecule has 3 aliphatic carbocycles. The number of aromatic nitrogens is 5. The van der Waals surface area contributed by atoms with E-state index in [0.29, 0.717) is 40.1 Å². The van der Waals surface area contributed by atoms with Crippen LogP contribution in [0, 0.1) is 29.4 Å². The van der Waals surface area contributed by atoms with E-state index < -0.39 is 97.3 Å². The van der Waals surface area contributed by atoms with Crippen molar-refractivity contribution in [1.82, 2.24) is 29.9 Å². The van der Waals surface area contributed by atoms with Crippen molar-refractivity contribution in [2.24, 2.45) is 18.0 Å². The number of benzene rings is 2. The highest BCUT2D eigenvalue weighted by Crippen LogP contribution is 2.64. The average Bonchev–Trinajstić information content (AvgIpc) is 3.83. The van der Waals surface area contributed by atoms with Gasteiger partial charge in [-0.05, 0) is 106 Å². The van der Waals surface area contributed by atoms with Gasteiger partial charge in [0.2, 0.25) is 5.91 Å². The van der Waals surface area contributed by atoms with E-state index in [2.05, 4.69) is 37.5 Å². The van der Waals surface area contributed by atoms with E-state index in [9.17, 15) is 35.2 Å². The number of sulfone groups is 1. The van der Waals surface area contributed by atoms with Gasteiger partial charge in [0.1, 0.15) is 34.3 Å². The molecule has 0 radical (unpaired) electrons. The number of rotatable bonds is 10. The number of thiocarbonyl (C=S) groups is 1. The highest BCUT2D eigenvalue weighted by Gasteiger charge is 2.63. The molecule has 318 valence electrons. The lowest BCUT2D eigenvalue weighted by molar-refractivity contribution is -0.144. The second-order valence-corrected chi connectivity index (χ2v) is 19.3. The van der Waals surface area contributed by atoms with E-state index in [4.69, 9.17) is 28.8 Å². The number of fused-ring (bicyclic) bond motifs is 4. The second-order valence-electron chi connectivity index (χ2n) is 15.9. The van der Waals surface area contributed by atoms with Crippen molar-refractivity contribution in [3.05, 3.63) is 93.0 Å². The molecule has 1 amide bonds. The number of aryl methyl sites for hydroxylation is 1. The van der Waals surface area contributed by atoms with Gasteiger partial charge in [-0.1, -0.05) is 23.6 Å². The van der Waals surface area contributed by atoms with Gasteiger partial charge >= 0.3 is 6.18 Å². The molecule has 20 heteroatoms. The minimum atomic E-state index is -5.09. The lowest BCUT2D eigenvalue weighted by Gasteiger charge is -2.34. The molecule has 0 unspecified atom stereocenters. The molecular formula is C41H33ClF7N7O3S2. The third-order valence-electron chi connectivity index (χ3n) is 11.5. The number of pyridine rings is 1. The number of aliphatic imine (C=N–C) groups is 1. The fourth-order valence-corrected chi connectivity index (χ4v) is 10.4. The fraction of sp³-hybridized carbons (Fsp3) is 0.390. The number of isothiocyanates is 1. The predicted molar refractivity (Wildman–Crippen MR) is 214 cm³/mol. The Morgan fingerprint density at radius 2 is 1.74 bits per heavy atom. The quantitative estimate of drug-likeness (QED) is 0.0643. The fourth-order valence-electron chi connectivity index (χ4n) is 8.33. The second kappa shape index (κ2) is 15.0. The number of hydrogen-bond acceptors (Lipinski definition) is 8. The van der Waals surface area contributed by atoms with Gasteiger partial charge in [0.25, 0.3) is 5.92 Å². The van der Waals surface area contributed by atoms with Crippen LogP contribution in [-0.2, 0) is 46.7 Å². The number of halogens is 8. The summed E-state index contributed by atoms with van der Waals surface area (Å²) in [6, 6.07) is 7.42. The summed E-state index contributed by atoms with van der Waals surface area (Å²) in [6.45, 7) is 1.83. The minimum absolute atomic E-state index is 0.00513. The summed E-state index contributed by atoms with van der Waals surface area (Å²) < 4.78 is 130. The van der Waals surface area contributed by atoms with E-state index >= 15 is 8.78 Å². The standard InChI is InChI=1S/C41H33ClF7N7O3S2/c1-39(2,61(58,59)24-5-6-24)13-12-23-4-7-25(26-9-11-29(42)33-35(26)55(3)54-38(33)50-19-60)34(51-23)30(16-20-14-21(43)17-22(44)15-20)52-31(57)18-56-37-32(36(53-56)41(47,48)49)27-8-10-28(27)40(37,45)46/h4,7,9,11,14-15,17,24,27-28,30H,5-6,8,10,16,18H2,1-3H3,(H,52,57)/t27-,28+,30-/m0/s1. The first-order valence-corrected chi connectivity index (χ1v) is 21.3. The van der Waals surface area contributed by atoms with E-state index in [1.54, 1.807) is 19.2 Å². The van der Waals surface area contributed by atoms with Crippen LogP contribution in [0.5, 0.6) is 0 Å². The Morgan fingerprint density at radius 1 is 1.05 bits per heavy atom. The minimum Gasteiger partial charge on any atom is -0.346 e. The third kappa shape index (κ3) is 7.51.